The number of nitrogens with zero attached hydrogens (tertiary/aromatic N) is 1. The van der Waals surface area contributed by atoms with E-state index in [1.54, 1.807) is 28.8 Å². The molecule has 1 saturated carbocycles. The van der Waals surface area contributed by atoms with Crippen molar-refractivity contribution in [2.75, 3.05) is 5.75 Å². The fraction of sp³-hybridized carbons (Fsp3) is 0.355. The summed E-state index contributed by atoms with van der Waals surface area (Å²) < 4.78 is 13.6. The van der Waals surface area contributed by atoms with Crippen LogP contribution in [0.4, 0.5) is 4.39 Å². The standard InChI is InChI=1S/C31H35FN2O2S/c32-27-18-16-25(17-19-27)21-34(30(35)23-37-22-26-12-6-2-7-13-26)29(20-24-10-4-1-5-11-24)31(36)33-28-14-8-3-9-15-28/h1-2,4-7,10-13,16-19,28-29H,3,8-9,14-15,20-23H2,(H,33,36)/t29-/m1/s1. The molecule has 194 valence electrons. The van der Waals surface area contributed by atoms with Crippen molar-refractivity contribution in [1.29, 1.82) is 0 Å². The fourth-order valence-corrected chi connectivity index (χ4v) is 5.67. The lowest BCUT2D eigenvalue weighted by atomic mass is 9.94. The Balaban J connectivity index is 1.56. The Hall–Kier alpha value is -3.12. The minimum atomic E-state index is -0.654. The van der Waals surface area contributed by atoms with Gasteiger partial charge >= 0.3 is 0 Å². The summed E-state index contributed by atoms with van der Waals surface area (Å²) in [6.07, 6.45) is 5.81. The maximum atomic E-state index is 13.7. The topological polar surface area (TPSA) is 49.4 Å². The first-order valence-electron chi connectivity index (χ1n) is 13.1. The minimum Gasteiger partial charge on any atom is -0.352 e. The highest BCUT2D eigenvalue weighted by molar-refractivity contribution is 7.99. The number of rotatable bonds is 11. The maximum absolute atomic E-state index is 13.7. The molecule has 2 amide bonds. The van der Waals surface area contributed by atoms with Gasteiger partial charge in [0.2, 0.25) is 11.8 Å². The van der Waals surface area contributed by atoms with Gasteiger partial charge in [0, 0.05) is 24.8 Å². The van der Waals surface area contributed by atoms with Crippen LogP contribution in [-0.2, 0) is 28.3 Å². The first kappa shape index (κ1) is 26.9. The molecule has 1 aliphatic carbocycles. The molecule has 1 aliphatic rings. The van der Waals surface area contributed by atoms with Crippen LogP contribution < -0.4 is 5.32 Å². The van der Waals surface area contributed by atoms with Crippen LogP contribution in [0, 0.1) is 5.82 Å². The largest absolute Gasteiger partial charge is 0.352 e. The molecule has 37 heavy (non-hydrogen) atoms. The highest BCUT2D eigenvalue weighted by Crippen LogP contribution is 2.21. The van der Waals surface area contributed by atoms with E-state index in [0.717, 1.165) is 42.4 Å². The summed E-state index contributed by atoms with van der Waals surface area (Å²) in [5.41, 5.74) is 2.95. The molecule has 4 nitrogen and oxygen atoms in total. The molecule has 1 atom stereocenters. The number of carbonyl (C=O) groups is 2. The lowest BCUT2D eigenvalue weighted by molar-refractivity contribution is -0.139. The molecule has 0 saturated heterocycles. The predicted octanol–water partition coefficient (Wildman–Crippen LogP) is 6.15. The van der Waals surface area contributed by atoms with Crippen LogP contribution in [0.5, 0.6) is 0 Å². The molecule has 6 heteroatoms. The van der Waals surface area contributed by atoms with Crippen molar-refractivity contribution in [2.45, 2.75) is 62.9 Å². The van der Waals surface area contributed by atoms with Gasteiger partial charge in [0.25, 0.3) is 0 Å². The second kappa shape index (κ2) is 14.0. The number of thioether (sulfide) groups is 1. The molecule has 4 rings (SSSR count). The van der Waals surface area contributed by atoms with Crippen LogP contribution in [0.15, 0.2) is 84.9 Å². The molecule has 0 spiro atoms. The molecule has 0 heterocycles. The van der Waals surface area contributed by atoms with Crippen molar-refractivity contribution in [1.82, 2.24) is 10.2 Å². The molecule has 0 aliphatic heterocycles. The number of benzene rings is 3. The number of hydrogen-bond acceptors (Lipinski definition) is 3. The zero-order chi connectivity index (χ0) is 25.9. The van der Waals surface area contributed by atoms with Crippen LogP contribution in [-0.4, -0.2) is 34.6 Å². The molecular formula is C31H35FN2O2S. The van der Waals surface area contributed by atoms with Gasteiger partial charge in [-0.15, -0.1) is 11.8 Å². The van der Waals surface area contributed by atoms with Crippen LogP contribution in [0.2, 0.25) is 0 Å². The first-order valence-corrected chi connectivity index (χ1v) is 14.2. The van der Waals surface area contributed by atoms with Gasteiger partial charge in [0.15, 0.2) is 0 Å². The summed E-state index contributed by atoms with van der Waals surface area (Å²) in [7, 11) is 0. The average Bonchev–Trinajstić information content (AvgIpc) is 2.93. The van der Waals surface area contributed by atoms with E-state index in [2.05, 4.69) is 5.32 Å². The van der Waals surface area contributed by atoms with Gasteiger partial charge in [-0.1, -0.05) is 92.1 Å². The second-order valence-corrected chi connectivity index (χ2v) is 10.7. The second-order valence-electron chi connectivity index (χ2n) is 9.68. The van der Waals surface area contributed by atoms with E-state index in [1.807, 2.05) is 60.7 Å². The Morgan fingerprint density at radius 3 is 2.11 bits per heavy atom. The monoisotopic (exact) mass is 518 g/mol. The zero-order valence-electron chi connectivity index (χ0n) is 21.2. The van der Waals surface area contributed by atoms with E-state index in [9.17, 15) is 14.0 Å². The first-order chi connectivity index (χ1) is 18.1. The van der Waals surface area contributed by atoms with Crippen LogP contribution >= 0.6 is 11.8 Å². The Morgan fingerprint density at radius 1 is 0.838 bits per heavy atom. The van der Waals surface area contributed by atoms with Crippen molar-refractivity contribution in [2.24, 2.45) is 0 Å². The quantitative estimate of drug-likeness (QED) is 0.331. The van der Waals surface area contributed by atoms with Gasteiger partial charge in [0.05, 0.1) is 5.75 Å². The molecule has 1 N–H and O–H groups in total. The predicted molar refractivity (Wildman–Crippen MR) is 149 cm³/mol. The third kappa shape index (κ3) is 8.46. The van der Waals surface area contributed by atoms with Crippen molar-refractivity contribution < 1.29 is 14.0 Å². The lowest BCUT2D eigenvalue weighted by Gasteiger charge is -2.33. The number of halogens is 1. The highest BCUT2D eigenvalue weighted by Gasteiger charge is 2.31. The van der Waals surface area contributed by atoms with E-state index in [4.69, 9.17) is 0 Å². The molecule has 3 aromatic carbocycles. The van der Waals surface area contributed by atoms with Gasteiger partial charge in [-0.3, -0.25) is 9.59 Å². The lowest BCUT2D eigenvalue weighted by Crippen LogP contribution is -2.53. The molecule has 0 radical (unpaired) electrons. The smallest absolute Gasteiger partial charge is 0.243 e. The average molecular weight is 519 g/mol. The maximum Gasteiger partial charge on any atom is 0.243 e. The van der Waals surface area contributed by atoms with Crippen molar-refractivity contribution >= 4 is 23.6 Å². The minimum absolute atomic E-state index is 0.0926. The SMILES string of the molecule is O=C(NC1CCCCC1)[C@@H](Cc1ccccc1)N(Cc1ccc(F)cc1)C(=O)CSCc1ccccc1. The Bertz CT molecular complexity index is 1120. The molecule has 0 bridgehead atoms. The molecule has 0 unspecified atom stereocenters. The third-order valence-corrected chi connectivity index (χ3v) is 7.81. The van der Waals surface area contributed by atoms with E-state index in [0.29, 0.717) is 12.2 Å². The van der Waals surface area contributed by atoms with Crippen molar-refractivity contribution in [3.8, 4) is 0 Å². The number of nitrogens with one attached hydrogen (secondary N) is 1. The van der Waals surface area contributed by atoms with E-state index in [1.165, 1.54) is 18.6 Å². The van der Waals surface area contributed by atoms with Crippen LogP contribution in [0.1, 0.15) is 48.8 Å². The summed E-state index contributed by atoms with van der Waals surface area (Å²) in [6, 6.07) is 25.5. The summed E-state index contributed by atoms with van der Waals surface area (Å²) >= 11 is 1.54. The molecule has 0 aromatic heterocycles. The van der Waals surface area contributed by atoms with Crippen molar-refractivity contribution in [3.63, 3.8) is 0 Å². The van der Waals surface area contributed by atoms with E-state index in [-0.39, 0.29) is 36.0 Å². The van der Waals surface area contributed by atoms with Gasteiger partial charge < -0.3 is 10.2 Å². The highest BCUT2D eigenvalue weighted by atomic mass is 32.2. The Kier molecular flexibility index (Phi) is 10.2. The number of hydrogen-bond donors (Lipinski definition) is 1. The summed E-state index contributed by atoms with van der Waals surface area (Å²) in [6.45, 7) is 0.251. The zero-order valence-corrected chi connectivity index (χ0v) is 22.0. The molecule has 1 fully saturated rings. The third-order valence-electron chi connectivity index (χ3n) is 6.83. The summed E-state index contributed by atoms with van der Waals surface area (Å²) in [5.74, 6) is 0.451. The molecular weight excluding hydrogens is 483 g/mol. The summed E-state index contributed by atoms with van der Waals surface area (Å²) in [4.78, 5) is 29.1. The molecule has 3 aromatic rings. The van der Waals surface area contributed by atoms with Gasteiger partial charge in [-0.05, 0) is 41.7 Å². The summed E-state index contributed by atoms with van der Waals surface area (Å²) in [5, 5.41) is 3.25. The van der Waals surface area contributed by atoms with Gasteiger partial charge in [-0.2, -0.15) is 0 Å². The van der Waals surface area contributed by atoms with Gasteiger partial charge in [0.1, 0.15) is 11.9 Å². The van der Waals surface area contributed by atoms with E-state index < -0.39 is 6.04 Å². The van der Waals surface area contributed by atoms with E-state index >= 15 is 0 Å². The number of carbonyl (C=O) groups excluding carboxylic acids is 2. The van der Waals surface area contributed by atoms with Crippen LogP contribution in [0.25, 0.3) is 0 Å². The Labute approximate surface area is 223 Å². The van der Waals surface area contributed by atoms with Crippen LogP contribution in [0.3, 0.4) is 0 Å². The Morgan fingerprint density at radius 2 is 1.46 bits per heavy atom. The fourth-order valence-electron chi connectivity index (χ4n) is 4.80. The number of amides is 2. The normalized spacial score (nSPS) is 14.6. The van der Waals surface area contributed by atoms with Gasteiger partial charge in [-0.25, -0.2) is 4.39 Å². The van der Waals surface area contributed by atoms with Crippen molar-refractivity contribution in [3.05, 3.63) is 107 Å².